The monoisotopic (exact) mass is 459 g/mol. The molecule has 0 spiro atoms. The Hall–Kier alpha value is -3.93. The van der Waals surface area contributed by atoms with Gasteiger partial charge in [0.05, 0.1) is 7.11 Å². The number of esters is 1. The summed E-state index contributed by atoms with van der Waals surface area (Å²) < 4.78 is 26.2. The summed E-state index contributed by atoms with van der Waals surface area (Å²) in [6.07, 6.45) is 0. The number of fused-ring (bicyclic) bond motifs is 1. The van der Waals surface area contributed by atoms with E-state index in [2.05, 4.69) is 0 Å². The van der Waals surface area contributed by atoms with E-state index in [9.17, 15) is 14.0 Å². The maximum atomic E-state index is 13.7. The van der Waals surface area contributed by atoms with E-state index in [1.807, 2.05) is 44.2 Å². The van der Waals surface area contributed by atoms with Crippen molar-refractivity contribution in [3.05, 3.63) is 100 Å². The predicted molar refractivity (Wildman–Crippen MR) is 131 cm³/mol. The molecular formula is C28H26FNO4. The number of methoxy groups -OCH3 is 1. The number of ether oxygens (including phenoxy) is 2. The molecule has 174 valence electrons. The van der Waals surface area contributed by atoms with Crippen LogP contribution in [0, 0.1) is 11.7 Å². The first-order valence-electron chi connectivity index (χ1n) is 11.1. The van der Waals surface area contributed by atoms with E-state index < -0.39 is 11.8 Å². The number of pyridine rings is 1. The number of carbonyl (C=O) groups excluding carboxylic acids is 1. The van der Waals surface area contributed by atoms with E-state index in [1.54, 1.807) is 30.3 Å². The van der Waals surface area contributed by atoms with Gasteiger partial charge in [0.2, 0.25) is 0 Å². The van der Waals surface area contributed by atoms with E-state index in [-0.39, 0.29) is 17.2 Å². The van der Waals surface area contributed by atoms with Crippen molar-refractivity contribution in [3.8, 4) is 16.9 Å². The van der Waals surface area contributed by atoms with Crippen molar-refractivity contribution >= 4 is 16.7 Å². The van der Waals surface area contributed by atoms with Gasteiger partial charge in [0.15, 0.2) is 0 Å². The Balaban J connectivity index is 1.97. The zero-order chi connectivity index (χ0) is 24.2. The number of aromatic nitrogens is 1. The molecule has 0 N–H and O–H groups in total. The normalized spacial score (nSPS) is 11.1. The van der Waals surface area contributed by atoms with Crippen LogP contribution >= 0.6 is 0 Å². The lowest BCUT2D eigenvalue weighted by Gasteiger charge is -2.20. The molecule has 3 aromatic carbocycles. The van der Waals surface area contributed by atoms with Gasteiger partial charge in [0, 0.05) is 22.9 Å². The van der Waals surface area contributed by atoms with Crippen LogP contribution in [0.5, 0.6) is 5.75 Å². The molecule has 0 aliphatic heterocycles. The molecule has 0 bridgehead atoms. The van der Waals surface area contributed by atoms with Crippen LogP contribution in [0.3, 0.4) is 0 Å². The van der Waals surface area contributed by atoms with E-state index in [0.717, 1.165) is 5.56 Å². The second kappa shape index (κ2) is 9.91. The molecule has 0 amide bonds. The molecule has 0 saturated heterocycles. The number of hydrogen-bond donors (Lipinski definition) is 0. The Morgan fingerprint density at radius 3 is 2.32 bits per heavy atom. The molecule has 1 aromatic heterocycles. The van der Waals surface area contributed by atoms with Crippen molar-refractivity contribution in [2.24, 2.45) is 5.92 Å². The summed E-state index contributed by atoms with van der Waals surface area (Å²) in [6.45, 7) is 4.62. The highest BCUT2D eigenvalue weighted by atomic mass is 19.1. The lowest BCUT2D eigenvalue weighted by atomic mass is 9.96. The Morgan fingerprint density at radius 1 is 0.971 bits per heavy atom. The fraction of sp³-hybridized carbons (Fsp3) is 0.214. The smallest absolute Gasteiger partial charge is 0.355 e. The number of hydrogen-bond acceptors (Lipinski definition) is 4. The van der Waals surface area contributed by atoms with Gasteiger partial charge >= 0.3 is 5.97 Å². The van der Waals surface area contributed by atoms with Crippen LogP contribution < -0.4 is 10.3 Å². The van der Waals surface area contributed by atoms with Crippen molar-refractivity contribution < 1.29 is 18.7 Å². The van der Waals surface area contributed by atoms with E-state index >= 15 is 0 Å². The molecule has 0 radical (unpaired) electrons. The molecule has 0 saturated carbocycles. The van der Waals surface area contributed by atoms with Gasteiger partial charge in [-0.3, -0.25) is 4.79 Å². The molecule has 6 heteroatoms. The SMILES string of the molecule is COC(=O)c1c(-c2ccc(F)cc2)c2cc(OCc3ccccc3)ccc2c(=O)n1CC(C)C. The Morgan fingerprint density at radius 2 is 1.68 bits per heavy atom. The predicted octanol–water partition coefficient (Wildman–Crippen LogP) is 5.83. The van der Waals surface area contributed by atoms with Crippen molar-refractivity contribution in [1.29, 1.82) is 0 Å². The van der Waals surface area contributed by atoms with Gasteiger partial charge in [-0.1, -0.05) is 56.3 Å². The third-order valence-electron chi connectivity index (χ3n) is 5.55. The second-order valence-electron chi connectivity index (χ2n) is 8.51. The van der Waals surface area contributed by atoms with Crippen LogP contribution in [0.15, 0.2) is 77.6 Å². The quantitative estimate of drug-likeness (QED) is 0.326. The zero-order valence-corrected chi connectivity index (χ0v) is 19.4. The molecule has 1 heterocycles. The number of benzene rings is 3. The fourth-order valence-corrected chi connectivity index (χ4v) is 4.01. The Labute approximate surface area is 197 Å². The molecule has 4 rings (SSSR count). The summed E-state index contributed by atoms with van der Waals surface area (Å²) >= 11 is 0. The maximum Gasteiger partial charge on any atom is 0.355 e. The molecule has 0 unspecified atom stereocenters. The average Bonchev–Trinajstić information content (AvgIpc) is 2.84. The van der Waals surface area contributed by atoms with Gasteiger partial charge in [0.1, 0.15) is 23.9 Å². The van der Waals surface area contributed by atoms with Crippen molar-refractivity contribution in [2.75, 3.05) is 7.11 Å². The van der Waals surface area contributed by atoms with Crippen LogP contribution in [-0.2, 0) is 17.9 Å². The zero-order valence-electron chi connectivity index (χ0n) is 19.4. The number of carbonyl (C=O) groups is 1. The lowest BCUT2D eigenvalue weighted by Crippen LogP contribution is -2.29. The Bertz CT molecular complexity index is 1380. The highest BCUT2D eigenvalue weighted by Crippen LogP contribution is 2.34. The van der Waals surface area contributed by atoms with Crippen molar-refractivity contribution in [3.63, 3.8) is 0 Å². The summed E-state index contributed by atoms with van der Waals surface area (Å²) in [7, 11) is 1.28. The summed E-state index contributed by atoms with van der Waals surface area (Å²) in [5, 5.41) is 0.988. The molecule has 0 atom stereocenters. The van der Waals surface area contributed by atoms with Crippen molar-refractivity contribution in [2.45, 2.75) is 27.0 Å². The minimum Gasteiger partial charge on any atom is -0.489 e. The van der Waals surface area contributed by atoms with Gasteiger partial charge in [-0.05, 0) is 47.4 Å². The van der Waals surface area contributed by atoms with Crippen LogP contribution in [-0.4, -0.2) is 17.6 Å². The first-order chi connectivity index (χ1) is 16.4. The lowest BCUT2D eigenvalue weighted by molar-refractivity contribution is 0.0587. The maximum absolute atomic E-state index is 13.7. The minimum atomic E-state index is -0.630. The molecule has 0 aliphatic rings. The van der Waals surface area contributed by atoms with Gasteiger partial charge in [-0.25, -0.2) is 9.18 Å². The van der Waals surface area contributed by atoms with Gasteiger partial charge < -0.3 is 14.0 Å². The van der Waals surface area contributed by atoms with E-state index in [0.29, 0.717) is 40.8 Å². The number of halogens is 1. The van der Waals surface area contributed by atoms with Gasteiger partial charge in [0.25, 0.3) is 5.56 Å². The third-order valence-corrected chi connectivity index (χ3v) is 5.55. The first-order valence-corrected chi connectivity index (χ1v) is 11.1. The standard InChI is InChI=1S/C28H26FNO4/c1-18(2)16-30-26(28(32)33-3)25(20-9-11-21(29)12-10-20)24-15-22(13-14-23(24)27(30)31)34-17-19-7-5-4-6-8-19/h4-15,18H,16-17H2,1-3H3. The summed E-state index contributed by atoms with van der Waals surface area (Å²) in [5.41, 5.74) is 1.96. The fourth-order valence-electron chi connectivity index (χ4n) is 4.01. The van der Waals surface area contributed by atoms with Gasteiger partial charge in [-0.2, -0.15) is 0 Å². The highest BCUT2D eigenvalue weighted by Gasteiger charge is 2.25. The Kier molecular flexibility index (Phi) is 6.77. The average molecular weight is 460 g/mol. The largest absolute Gasteiger partial charge is 0.489 e. The van der Waals surface area contributed by atoms with Crippen molar-refractivity contribution in [1.82, 2.24) is 4.57 Å². The third kappa shape index (κ3) is 4.71. The highest BCUT2D eigenvalue weighted by molar-refractivity contribution is 6.07. The summed E-state index contributed by atoms with van der Waals surface area (Å²) in [5.74, 6) is -0.366. The van der Waals surface area contributed by atoms with Crippen LogP contribution in [0.25, 0.3) is 21.9 Å². The topological polar surface area (TPSA) is 57.5 Å². The molecule has 0 fully saturated rings. The molecular weight excluding hydrogens is 433 g/mol. The number of rotatable bonds is 7. The first kappa shape index (κ1) is 23.2. The molecule has 0 aliphatic carbocycles. The molecule has 4 aromatic rings. The summed E-state index contributed by atoms with van der Waals surface area (Å²) in [6, 6.07) is 20.8. The van der Waals surface area contributed by atoms with E-state index in [1.165, 1.54) is 23.8 Å². The molecule has 5 nitrogen and oxygen atoms in total. The van der Waals surface area contributed by atoms with Crippen LogP contribution in [0.2, 0.25) is 0 Å². The van der Waals surface area contributed by atoms with Crippen LogP contribution in [0.1, 0.15) is 29.9 Å². The minimum absolute atomic E-state index is 0.105. The van der Waals surface area contributed by atoms with Gasteiger partial charge in [-0.15, -0.1) is 0 Å². The number of nitrogens with zero attached hydrogens (tertiary/aromatic N) is 1. The van der Waals surface area contributed by atoms with Crippen LogP contribution in [0.4, 0.5) is 4.39 Å². The molecule has 34 heavy (non-hydrogen) atoms. The summed E-state index contributed by atoms with van der Waals surface area (Å²) in [4.78, 5) is 26.5. The van der Waals surface area contributed by atoms with E-state index in [4.69, 9.17) is 9.47 Å². The second-order valence-corrected chi connectivity index (χ2v) is 8.51.